The highest BCUT2D eigenvalue weighted by Crippen LogP contribution is 2.37. The molecule has 1 aliphatic rings. The second-order valence-corrected chi connectivity index (χ2v) is 7.63. The molecule has 0 spiro atoms. The molecule has 122 valence electrons. The van der Waals surface area contributed by atoms with E-state index in [9.17, 15) is 4.79 Å². The lowest BCUT2D eigenvalue weighted by molar-refractivity contribution is -0.121. The first-order valence-electron chi connectivity index (χ1n) is 7.79. The number of hydrogen-bond donors (Lipinski definition) is 1. The lowest BCUT2D eigenvalue weighted by atomic mass is 10.1. The van der Waals surface area contributed by atoms with Crippen molar-refractivity contribution in [2.24, 2.45) is 0 Å². The van der Waals surface area contributed by atoms with Crippen molar-refractivity contribution in [3.8, 4) is 0 Å². The maximum Gasteiger partial charge on any atom is 0.242 e. The summed E-state index contributed by atoms with van der Waals surface area (Å²) in [6.45, 7) is 5.03. The third-order valence-electron chi connectivity index (χ3n) is 4.24. The maximum atomic E-state index is 12.5. The SMILES string of the molecule is Cc1ccc(C2CCCN2C(C)C(=O)Nc2ccc(Cl)cn2)s1. The Balaban J connectivity index is 1.69. The molecule has 1 saturated heterocycles. The highest BCUT2D eigenvalue weighted by molar-refractivity contribution is 7.12. The topological polar surface area (TPSA) is 45.2 Å². The zero-order chi connectivity index (χ0) is 16.4. The summed E-state index contributed by atoms with van der Waals surface area (Å²) in [5.41, 5.74) is 0. The summed E-state index contributed by atoms with van der Waals surface area (Å²) in [7, 11) is 0. The number of carbonyl (C=O) groups excluding carboxylic acids is 1. The number of hydrogen-bond acceptors (Lipinski definition) is 4. The molecule has 2 unspecified atom stereocenters. The number of likely N-dealkylation sites (tertiary alicyclic amines) is 1. The van der Waals surface area contributed by atoms with Gasteiger partial charge in [0.25, 0.3) is 0 Å². The first-order chi connectivity index (χ1) is 11.0. The van der Waals surface area contributed by atoms with E-state index in [2.05, 4.69) is 34.3 Å². The number of anilines is 1. The van der Waals surface area contributed by atoms with Crippen LogP contribution in [0.25, 0.3) is 0 Å². The molecule has 0 radical (unpaired) electrons. The number of aryl methyl sites for hydroxylation is 1. The van der Waals surface area contributed by atoms with Gasteiger partial charge in [-0.3, -0.25) is 9.69 Å². The van der Waals surface area contributed by atoms with Crippen LogP contribution in [0, 0.1) is 6.92 Å². The first-order valence-corrected chi connectivity index (χ1v) is 8.98. The fourth-order valence-electron chi connectivity index (χ4n) is 3.02. The van der Waals surface area contributed by atoms with E-state index in [0.29, 0.717) is 16.9 Å². The van der Waals surface area contributed by atoms with Gasteiger partial charge in [-0.2, -0.15) is 0 Å². The van der Waals surface area contributed by atoms with E-state index < -0.39 is 0 Å². The van der Waals surface area contributed by atoms with Crippen LogP contribution >= 0.6 is 22.9 Å². The van der Waals surface area contributed by atoms with Crippen molar-refractivity contribution in [2.45, 2.75) is 38.8 Å². The number of nitrogens with zero attached hydrogens (tertiary/aromatic N) is 2. The molecule has 1 fully saturated rings. The van der Waals surface area contributed by atoms with Gasteiger partial charge >= 0.3 is 0 Å². The molecule has 2 aromatic heterocycles. The molecule has 0 saturated carbocycles. The van der Waals surface area contributed by atoms with Gasteiger partial charge in [-0.1, -0.05) is 11.6 Å². The number of rotatable bonds is 4. The second-order valence-electron chi connectivity index (χ2n) is 5.87. The molecular weight excluding hydrogens is 330 g/mol. The summed E-state index contributed by atoms with van der Waals surface area (Å²) < 4.78 is 0. The largest absolute Gasteiger partial charge is 0.309 e. The number of thiophene rings is 1. The molecule has 4 nitrogen and oxygen atoms in total. The predicted octanol–water partition coefficient (Wildman–Crippen LogP) is 4.27. The molecule has 0 aliphatic carbocycles. The van der Waals surface area contributed by atoms with Crippen LogP contribution in [0.3, 0.4) is 0 Å². The van der Waals surface area contributed by atoms with Gasteiger partial charge in [-0.15, -0.1) is 11.3 Å². The highest BCUT2D eigenvalue weighted by atomic mass is 35.5. The highest BCUT2D eigenvalue weighted by Gasteiger charge is 2.33. The smallest absolute Gasteiger partial charge is 0.242 e. The molecule has 2 atom stereocenters. The lowest BCUT2D eigenvalue weighted by Gasteiger charge is -2.29. The van der Waals surface area contributed by atoms with E-state index >= 15 is 0 Å². The number of aromatic nitrogens is 1. The van der Waals surface area contributed by atoms with Crippen LogP contribution in [0.5, 0.6) is 0 Å². The summed E-state index contributed by atoms with van der Waals surface area (Å²) in [5, 5.41) is 3.44. The van der Waals surface area contributed by atoms with E-state index in [4.69, 9.17) is 11.6 Å². The summed E-state index contributed by atoms with van der Waals surface area (Å²) in [6.07, 6.45) is 3.77. The normalized spacial score (nSPS) is 19.7. The Hall–Kier alpha value is -1.43. The zero-order valence-electron chi connectivity index (χ0n) is 13.3. The Kier molecular flexibility index (Phi) is 4.99. The lowest BCUT2D eigenvalue weighted by Crippen LogP contribution is -2.41. The van der Waals surface area contributed by atoms with Crippen LogP contribution in [0.4, 0.5) is 5.82 Å². The Morgan fingerprint density at radius 1 is 1.43 bits per heavy atom. The molecule has 3 rings (SSSR count). The predicted molar refractivity (Wildman–Crippen MR) is 95.1 cm³/mol. The van der Waals surface area contributed by atoms with Crippen molar-refractivity contribution < 1.29 is 4.79 Å². The van der Waals surface area contributed by atoms with Crippen molar-refractivity contribution in [1.82, 2.24) is 9.88 Å². The number of amides is 1. The fraction of sp³-hybridized carbons (Fsp3) is 0.412. The third kappa shape index (κ3) is 3.74. The van der Waals surface area contributed by atoms with Gasteiger partial charge in [0.2, 0.25) is 5.91 Å². The fourth-order valence-corrected chi connectivity index (χ4v) is 4.17. The van der Waals surface area contributed by atoms with Crippen LogP contribution in [0.1, 0.15) is 35.6 Å². The zero-order valence-corrected chi connectivity index (χ0v) is 14.8. The van der Waals surface area contributed by atoms with E-state index in [1.54, 1.807) is 12.1 Å². The molecule has 1 N–H and O–H groups in total. The van der Waals surface area contributed by atoms with Gasteiger partial charge < -0.3 is 5.32 Å². The van der Waals surface area contributed by atoms with Gasteiger partial charge in [0.15, 0.2) is 0 Å². The van der Waals surface area contributed by atoms with Crippen molar-refractivity contribution in [3.05, 3.63) is 45.2 Å². The molecule has 3 heterocycles. The van der Waals surface area contributed by atoms with E-state index in [1.807, 2.05) is 18.3 Å². The maximum absolute atomic E-state index is 12.5. The van der Waals surface area contributed by atoms with E-state index in [0.717, 1.165) is 19.4 Å². The van der Waals surface area contributed by atoms with Gasteiger partial charge in [0.05, 0.1) is 11.1 Å². The van der Waals surface area contributed by atoms with Crippen LogP contribution in [0.15, 0.2) is 30.5 Å². The van der Waals surface area contributed by atoms with Crippen molar-refractivity contribution in [1.29, 1.82) is 0 Å². The van der Waals surface area contributed by atoms with Crippen molar-refractivity contribution >= 4 is 34.7 Å². The standard InChI is InChI=1S/C17H20ClN3OS/c1-11-5-7-15(23-11)14-4-3-9-21(14)12(2)17(22)20-16-8-6-13(18)10-19-16/h5-8,10,12,14H,3-4,9H2,1-2H3,(H,19,20,22). The molecule has 0 bridgehead atoms. The summed E-state index contributed by atoms with van der Waals surface area (Å²) in [4.78, 5) is 21.6. The molecule has 1 aliphatic heterocycles. The Bertz CT molecular complexity index is 685. The minimum atomic E-state index is -0.192. The molecular formula is C17H20ClN3OS. The number of pyridine rings is 1. The Morgan fingerprint density at radius 2 is 2.26 bits per heavy atom. The molecule has 2 aromatic rings. The molecule has 6 heteroatoms. The van der Waals surface area contributed by atoms with Gasteiger partial charge in [0.1, 0.15) is 5.82 Å². The number of halogens is 1. The van der Waals surface area contributed by atoms with E-state index in [1.165, 1.54) is 16.0 Å². The van der Waals surface area contributed by atoms with Crippen LogP contribution in [0.2, 0.25) is 5.02 Å². The molecule has 1 amide bonds. The van der Waals surface area contributed by atoms with Crippen LogP contribution in [-0.4, -0.2) is 28.4 Å². The average Bonchev–Trinajstić information content (AvgIpc) is 3.17. The van der Waals surface area contributed by atoms with Crippen LogP contribution in [-0.2, 0) is 4.79 Å². The third-order valence-corrected chi connectivity index (χ3v) is 5.56. The second kappa shape index (κ2) is 6.99. The van der Waals surface area contributed by atoms with Gasteiger partial charge in [0, 0.05) is 22.0 Å². The van der Waals surface area contributed by atoms with Crippen LogP contribution < -0.4 is 5.32 Å². The van der Waals surface area contributed by atoms with Crippen molar-refractivity contribution in [3.63, 3.8) is 0 Å². The van der Waals surface area contributed by atoms with Crippen molar-refractivity contribution in [2.75, 3.05) is 11.9 Å². The number of nitrogens with one attached hydrogen (secondary N) is 1. The first kappa shape index (κ1) is 16.4. The average molecular weight is 350 g/mol. The molecule has 23 heavy (non-hydrogen) atoms. The quantitative estimate of drug-likeness (QED) is 0.896. The number of carbonyl (C=O) groups is 1. The van der Waals surface area contributed by atoms with Gasteiger partial charge in [-0.25, -0.2) is 4.98 Å². The monoisotopic (exact) mass is 349 g/mol. The summed E-state index contributed by atoms with van der Waals surface area (Å²) in [6, 6.07) is 7.93. The van der Waals surface area contributed by atoms with Gasteiger partial charge in [-0.05, 0) is 57.5 Å². The summed E-state index contributed by atoms with van der Waals surface area (Å²) >= 11 is 7.64. The Morgan fingerprint density at radius 3 is 2.91 bits per heavy atom. The minimum Gasteiger partial charge on any atom is -0.309 e. The van der Waals surface area contributed by atoms with E-state index in [-0.39, 0.29) is 11.9 Å². The summed E-state index contributed by atoms with van der Waals surface area (Å²) in [5.74, 6) is 0.508. The Labute approximate surface area is 145 Å². The minimum absolute atomic E-state index is 0.0278. The molecule has 0 aromatic carbocycles.